The molecule has 0 radical (unpaired) electrons. The maximum Gasteiger partial charge on any atom is 0.335 e. The van der Waals surface area contributed by atoms with Crippen LogP contribution >= 0.6 is 0 Å². The van der Waals surface area contributed by atoms with Crippen LogP contribution in [-0.2, 0) is 6.54 Å². The zero-order valence-electron chi connectivity index (χ0n) is 14.0. The van der Waals surface area contributed by atoms with Gasteiger partial charge in [0.1, 0.15) is 0 Å². The van der Waals surface area contributed by atoms with Crippen LogP contribution in [0.4, 0.5) is 5.69 Å². The summed E-state index contributed by atoms with van der Waals surface area (Å²) in [5.74, 6) is -1.20. The fourth-order valence-electron chi connectivity index (χ4n) is 2.42. The largest absolute Gasteiger partial charge is 0.478 e. The first-order valence-electron chi connectivity index (χ1n) is 7.99. The van der Waals surface area contributed by atoms with Gasteiger partial charge in [0, 0.05) is 17.8 Å². The molecule has 0 unspecified atom stereocenters. The van der Waals surface area contributed by atoms with Crippen molar-refractivity contribution in [3.05, 3.63) is 65.2 Å². The van der Waals surface area contributed by atoms with Crippen molar-refractivity contribution in [3.8, 4) is 0 Å². The Bertz CT molecular complexity index is 707. The van der Waals surface area contributed by atoms with Crippen LogP contribution in [-0.4, -0.2) is 35.0 Å². The molecule has 0 fully saturated rings. The van der Waals surface area contributed by atoms with Crippen LogP contribution in [0.25, 0.3) is 0 Å². The Morgan fingerprint density at radius 1 is 1.00 bits per heavy atom. The van der Waals surface area contributed by atoms with Crippen molar-refractivity contribution < 1.29 is 14.7 Å². The molecule has 2 rings (SSSR count). The van der Waals surface area contributed by atoms with E-state index in [0.29, 0.717) is 11.3 Å². The smallest absolute Gasteiger partial charge is 0.335 e. The standard InChI is InChI=1S/C19H22N2O3/c1-3-21(4-2)13-14-6-5-7-16(12-14)18(22)20-17-10-8-15(9-11-17)19(23)24/h5-12H,3-4,13H2,1-2H3,(H,20,22)(H,23,24). The molecule has 0 saturated carbocycles. The highest BCUT2D eigenvalue weighted by molar-refractivity contribution is 6.04. The number of rotatable bonds is 7. The number of aromatic carboxylic acids is 1. The van der Waals surface area contributed by atoms with E-state index in [1.54, 1.807) is 18.2 Å². The Morgan fingerprint density at radius 3 is 2.25 bits per heavy atom. The second-order valence-corrected chi connectivity index (χ2v) is 5.50. The van der Waals surface area contributed by atoms with E-state index < -0.39 is 5.97 Å². The lowest BCUT2D eigenvalue weighted by Crippen LogP contribution is -2.22. The van der Waals surface area contributed by atoms with Gasteiger partial charge in [-0.05, 0) is 55.1 Å². The van der Waals surface area contributed by atoms with E-state index in [-0.39, 0.29) is 11.5 Å². The van der Waals surface area contributed by atoms with E-state index in [4.69, 9.17) is 5.11 Å². The highest BCUT2D eigenvalue weighted by Crippen LogP contribution is 2.13. The van der Waals surface area contributed by atoms with Crippen LogP contribution in [0.1, 0.15) is 40.1 Å². The molecular weight excluding hydrogens is 304 g/mol. The lowest BCUT2D eigenvalue weighted by molar-refractivity contribution is 0.0696. The Hall–Kier alpha value is -2.66. The second kappa shape index (κ2) is 8.26. The molecule has 0 aromatic heterocycles. The van der Waals surface area contributed by atoms with Crippen LogP contribution in [0.3, 0.4) is 0 Å². The van der Waals surface area contributed by atoms with E-state index in [2.05, 4.69) is 24.1 Å². The SMILES string of the molecule is CCN(CC)Cc1cccc(C(=O)Nc2ccc(C(=O)O)cc2)c1. The maximum atomic E-state index is 12.4. The average molecular weight is 326 g/mol. The third-order valence-electron chi connectivity index (χ3n) is 3.88. The number of carboxylic acid groups (broad SMARTS) is 1. The number of nitrogens with one attached hydrogen (secondary N) is 1. The molecule has 0 spiro atoms. The number of hydrogen-bond acceptors (Lipinski definition) is 3. The van der Waals surface area contributed by atoms with Crippen molar-refractivity contribution in [1.29, 1.82) is 0 Å². The summed E-state index contributed by atoms with van der Waals surface area (Å²) in [5.41, 5.74) is 2.43. The summed E-state index contributed by atoms with van der Waals surface area (Å²) < 4.78 is 0. The molecule has 0 saturated heterocycles. The van der Waals surface area contributed by atoms with Crippen LogP contribution in [0, 0.1) is 0 Å². The lowest BCUT2D eigenvalue weighted by atomic mass is 10.1. The summed E-state index contributed by atoms with van der Waals surface area (Å²) in [5, 5.41) is 11.7. The monoisotopic (exact) mass is 326 g/mol. The number of benzene rings is 2. The van der Waals surface area contributed by atoms with E-state index in [1.165, 1.54) is 12.1 Å². The van der Waals surface area contributed by atoms with Crippen molar-refractivity contribution in [3.63, 3.8) is 0 Å². The summed E-state index contributed by atoms with van der Waals surface area (Å²) in [6.07, 6.45) is 0. The molecular formula is C19H22N2O3. The van der Waals surface area contributed by atoms with E-state index in [9.17, 15) is 9.59 Å². The molecule has 5 heteroatoms. The summed E-state index contributed by atoms with van der Waals surface area (Å²) >= 11 is 0. The summed E-state index contributed by atoms with van der Waals surface area (Å²) in [4.78, 5) is 25.5. The highest BCUT2D eigenvalue weighted by Gasteiger charge is 2.09. The second-order valence-electron chi connectivity index (χ2n) is 5.50. The van der Waals surface area contributed by atoms with E-state index >= 15 is 0 Å². The van der Waals surface area contributed by atoms with Crippen LogP contribution < -0.4 is 5.32 Å². The maximum absolute atomic E-state index is 12.4. The number of nitrogens with zero attached hydrogens (tertiary/aromatic N) is 1. The van der Waals surface area contributed by atoms with Gasteiger partial charge >= 0.3 is 5.97 Å². The lowest BCUT2D eigenvalue weighted by Gasteiger charge is -2.18. The molecule has 0 heterocycles. The number of carbonyl (C=O) groups is 2. The highest BCUT2D eigenvalue weighted by atomic mass is 16.4. The predicted octanol–water partition coefficient (Wildman–Crippen LogP) is 3.48. The Kier molecular flexibility index (Phi) is 6.09. The quantitative estimate of drug-likeness (QED) is 0.817. The minimum Gasteiger partial charge on any atom is -0.478 e. The third-order valence-corrected chi connectivity index (χ3v) is 3.88. The van der Waals surface area contributed by atoms with Gasteiger partial charge in [-0.15, -0.1) is 0 Å². The van der Waals surface area contributed by atoms with Gasteiger partial charge in [-0.25, -0.2) is 4.79 Å². The first-order valence-corrected chi connectivity index (χ1v) is 7.99. The van der Waals surface area contributed by atoms with Gasteiger partial charge in [0.25, 0.3) is 5.91 Å². The fourth-order valence-corrected chi connectivity index (χ4v) is 2.42. The van der Waals surface area contributed by atoms with Crippen molar-refractivity contribution in [2.45, 2.75) is 20.4 Å². The molecule has 0 atom stereocenters. The van der Waals surface area contributed by atoms with Crippen LogP contribution in [0.15, 0.2) is 48.5 Å². The van der Waals surface area contributed by atoms with Crippen LogP contribution in [0.2, 0.25) is 0 Å². The number of anilines is 1. The molecule has 24 heavy (non-hydrogen) atoms. The summed E-state index contributed by atoms with van der Waals surface area (Å²) in [6, 6.07) is 13.6. The number of amides is 1. The number of hydrogen-bond donors (Lipinski definition) is 2. The minimum absolute atomic E-state index is 0.189. The molecule has 126 valence electrons. The fraction of sp³-hybridized carbons (Fsp3) is 0.263. The molecule has 5 nitrogen and oxygen atoms in total. The normalized spacial score (nSPS) is 10.6. The van der Waals surface area contributed by atoms with E-state index in [1.807, 2.05) is 18.2 Å². The third kappa shape index (κ3) is 4.67. The molecule has 0 aliphatic rings. The van der Waals surface area contributed by atoms with Crippen molar-refractivity contribution in [2.24, 2.45) is 0 Å². The Labute approximate surface area is 141 Å². The molecule has 1 amide bonds. The van der Waals surface area contributed by atoms with Gasteiger partial charge in [-0.2, -0.15) is 0 Å². The number of carboxylic acids is 1. The van der Waals surface area contributed by atoms with Gasteiger partial charge in [-0.1, -0.05) is 26.0 Å². The van der Waals surface area contributed by atoms with Crippen molar-refractivity contribution >= 4 is 17.6 Å². The van der Waals surface area contributed by atoms with Gasteiger partial charge in [-0.3, -0.25) is 9.69 Å². The first kappa shape index (κ1) is 17.7. The molecule has 2 N–H and O–H groups in total. The molecule has 2 aromatic rings. The van der Waals surface area contributed by atoms with Crippen molar-refractivity contribution in [2.75, 3.05) is 18.4 Å². The van der Waals surface area contributed by atoms with Crippen molar-refractivity contribution in [1.82, 2.24) is 4.90 Å². The van der Waals surface area contributed by atoms with Gasteiger partial charge in [0.2, 0.25) is 0 Å². The van der Waals surface area contributed by atoms with Crippen LogP contribution in [0.5, 0.6) is 0 Å². The van der Waals surface area contributed by atoms with Gasteiger partial charge in [0.05, 0.1) is 5.56 Å². The topological polar surface area (TPSA) is 69.6 Å². The van der Waals surface area contributed by atoms with Gasteiger partial charge < -0.3 is 10.4 Å². The molecule has 0 bridgehead atoms. The average Bonchev–Trinajstić information content (AvgIpc) is 2.60. The van der Waals surface area contributed by atoms with Gasteiger partial charge in [0.15, 0.2) is 0 Å². The number of carbonyl (C=O) groups excluding carboxylic acids is 1. The zero-order valence-corrected chi connectivity index (χ0v) is 14.0. The molecule has 0 aliphatic carbocycles. The van der Waals surface area contributed by atoms with E-state index in [0.717, 1.165) is 25.2 Å². The first-order chi connectivity index (χ1) is 11.5. The predicted molar refractivity (Wildman–Crippen MR) is 94.4 cm³/mol. The Balaban J connectivity index is 2.08. The Morgan fingerprint density at radius 2 is 1.67 bits per heavy atom. The minimum atomic E-state index is -0.989. The molecule has 0 aliphatic heterocycles. The molecule has 2 aromatic carbocycles. The zero-order chi connectivity index (χ0) is 17.5. The summed E-state index contributed by atoms with van der Waals surface area (Å²) in [7, 11) is 0. The summed E-state index contributed by atoms with van der Waals surface area (Å²) in [6.45, 7) is 6.95.